The topological polar surface area (TPSA) is 83.9 Å². The van der Waals surface area contributed by atoms with Gasteiger partial charge in [-0.15, -0.1) is 0 Å². The Morgan fingerprint density at radius 3 is 2.73 bits per heavy atom. The number of fused-ring (bicyclic) bond motifs is 1. The third kappa shape index (κ3) is 3.51. The van der Waals surface area contributed by atoms with Crippen molar-refractivity contribution in [3.05, 3.63) is 76.9 Å². The summed E-state index contributed by atoms with van der Waals surface area (Å²) >= 11 is 0. The lowest BCUT2D eigenvalue weighted by Crippen LogP contribution is -2.30. The molecule has 8 heteroatoms. The lowest BCUT2D eigenvalue weighted by atomic mass is 10.0. The number of carbonyl (C=O) groups is 1. The molecule has 1 atom stereocenters. The fourth-order valence-electron chi connectivity index (χ4n) is 4.67. The Morgan fingerprint density at radius 2 is 1.91 bits per heavy atom. The number of H-pyrrole nitrogens is 1. The minimum absolute atomic E-state index is 0.115. The van der Waals surface area contributed by atoms with Gasteiger partial charge in [0.05, 0.1) is 11.2 Å². The van der Waals surface area contributed by atoms with Crippen molar-refractivity contribution in [3.8, 4) is 16.8 Å². The standard InChI is InChI=1S/C25H22FN5O2/c26-20-12-16(19-11-17-3-1-2-4-21(17)27-13-19)7-8-22(20)31-23(28-29-25(31)33)18-9-10-30(14-18)24(32)15-5-6-15/h1-4,7-8,11-13,15,18H,5-6,9-10,14H2,(H,29,33). The summed E-state index contributed by atoms with van der Waals surface area (Å²) < 4.78 is 16.6. The van der Waals surface area contributed by atoms with Gasteiger partial charge in [0.15, 0.2) is 0 Å². The van der Waals surface area contributed by atoms with Gasteiger partial charge in [-0.2, -0.15) is 5.10 Å². The van der Waals surface area contributed by atoms with Gasteiger partial charge in [0, 0.05) is 42.1 Å². The van der Waals surface area contributed by atoms with E-state index >= 15 is 4.39 Å². The van der Waals surface area contributed by atoms with Crippen LogP contribution in [0, 0.1) is 11.7 Å². The van der Waals surface area contributed by atoms with Crippen molar-refractivity contribution in [1.29, 1.82) is 0 Å². The predicted octanol–water partition coefficient (Wildman–Crippen LogP) is 3.64. The molecule has 1 saturated heterocycles. The zero-order valence-electron chi connectivity index (χ0n) is 17.9. The highest BCUT2D eigenvalue weighted by Crippen LogP contribution is 2.35. The van der Waals surface area contributed by atoms with Crippen molar-refractivity contribution >= 4 is 16.8 Å². The van der Waals surface area contributed by atoms with E-state index in [1.807, 2.05) is 35.2 Å². The van der Waals surface area contributed by atoms with Gasteiger partial charge in [0.25, 0.3) is 0 Å². The second-order valence-electron chi connectivity index (χ2n) is 8.85. The van der Waals surface area contributed by atoms with Crippen LogP contribution in [0.25, 0.3) is 27.7 Å². The second kappa shape index (κ2) is 7.65. The smallest absolute Gasteiger partial charge is 0.342 e. The molecule has 2 fully saturated rings. The van der Waals surface area contributed by atoms with Crippen LogP contribution in [0.5, 0.6) is 0 Å². The Bertz CT molecular complexity index is 1440. The molecule has 33 heavy (non-hydrogen) atoms. The van der Waals surface area contributed by atoms with Crippen LogP contribution < -0.4 is 5.69 Å². The van der Waals surface area contributed by atoms with E-state index in [1.54, 1.807) is 18.3 Å². The van der Waals surface area contributed by atoms with Crippen LogP contribution in [0.1, 0.15) is 31.0 Å². The molecule has 2 aromatic heterocycles. The molecular formula is C25H22FN5O2. The van der Waals surface area contributed by atoms with E-state index in [-0.39, 0.29) is 23.4 Å². The van der Waals surface area contributed by atoms with Crippen molar-refractivity contribution < 1.29 is 9.18 Å². The first-order chi connectivity index (χ1) is 16.1. The predicted molar refractivity (Wildman–Crippen MR) is 122 cm³/mol. The van der Waals surface area contributed by atoms with Gasteiger partial charge in [0.2, 0.25) is 5.91 Å². The number of rotatable bonds is 4. The minimum atomic E-state index is -0.519. The third-order valence-corrected chi connectivity index (χ3v) is 6.60. The molecule has 0 spiro atoms. The number of halogens is 1. The van der Waals surface area contributed by atoms with Gasteiger partial charge in [-0.25, -0.2) is 18.9 Å². The van der Waals surface area contributed by atoms with Crippen LogP contribution in [0.3, 0.4) is 0 Å². The van der Waals surface area contributed by atoms with Crippen LogP contribution >= 0.6 is 0 Å². The fraction of sp³-hybridized carbons (Fsp3) is 0.280. The molecule has 0 bridgehead atoms. The summed E-state index contributed by atoms with van der Waals surface area (Å²) in [6.07, 6.45) is 4.33. The van der Waals surface area contributed by atoms with Gasteiger partial charge >= 0.3 is 5.69 Å². The van der Waals surface area contributed by atoms with Crippen LogP contribution in [0.4, 0.5) is 4.39 Å². The van der Waals surface area contributed by atoms with E-state index in [2.05, 4.69) is 15.2 Å². The van der Waals surface area contributed by atoms with Crippen LogP contribution in [-0.4, -0.2) is 43.6 Å². The monoisotopic (exact) mass is 443 g/mol. The number of nitrogens with zero attached hydrogens (tertiary/aromatic N) is 4. The molecule has 1 unspecified atom stereocenters. The SMILES string of the molecule is O=C(C1CC1)N1CCC(c2n[nH]c(=O)n2-c2ccc(-c3cnc4ccccc4c3)cc2F)C1. The summed E-state index contributed by atoms with van der Waals surface area (Å²) in [5.41, 5.74) is 2.00. The maximum Gasteiger partial charge on any atom is 0.348 e. The van der Waals surface area contributed by atoms with E-state index < -0.39 is 11.5 Å². The molecule has 6 rings (SSSR count). The highest BCUT2D eigenvalue weighted by Gasteiger charge is 2.38. The number of hydrogen-bond donors (Lipinski definition) is 1. The summed E-state index contributed by atoms with van der Waals surface area (Å²) in [4.78, 5) is 31.3. The Balaban J connectivity index is 1.32. The van der Waals surface area contributed by atoms with Gasteiger partial charge in [-0.3, -0.25) is 9.78 Å². The Kier molecular flexibility index (Phi) is 4.60. The molecule has 0 radical (unpaired) electrons. The number of aromatic amines is 1. The summed E-state index contributed by atoms with van der Waals surface area (Å²) in [5, 5.41) is 7.63. The highest BCUT2D eigenvalue weighted by atomic mass is 19.1. The second-order valence-corrected chi connectivity index (χ2v) is 8.85. The number of para-hydroxylation sites is 1. The quantitative estimate of drug-likeness (QED) is 0.522. The number of aromatic nitrogens is 4. The highest BCUT2D eigenvalue weighted by molar-refractivity contribution is 5.83. The molecule has 1 aliphatic carbocycles. The number of hydrogen-bond acceptors (Lipinski definition) is 4. The lowest BCUT2D eigenvalue weighted by molar-refractivity contribution is -0.131. The molecule has 4 aromatic rings. The summed E-state index contributed by atoms with van der Waals surface area (Å²) in [5.74, 6) is 0.163. The average molecular weight is 443 g/mol. The zero-order chi connectivity index (χ0) is 22.5. The van der Waals surface area contributed by atoms with Crippen LogP contribution in [-0.2, 0) is 4.79 Å². The summed E-state index contributed by atoms with van der Waals surface area (Å²) in [6, 6.07) is 14.5. The van der Waals surface area contributed by atoms with Crippen molar-refractivity contribution in [2.75, 3.05) is 13.1 Å². The van der Waals surface area contributed by atoms with E-state index in [9.17, 15) is 9.59 Å². The summed E-state index contributed by atoms with van der Waals surface area (Å²) in [6.45, 7) is 1.14. The molecule has 3 heterocycles. The number of pyridine rings is 1. The maximum atomic E-state index is 15.3. The van der Waals surface area contributed by atoms with E-state index in [0.29, 0.717) is 30.9 Å². The number of nitrogens with one attached hydrogen (secondary N) is 1. The van der Waals surface area contributed by atoms with Crippen molar-refractivity contribution in [2.45, 2.75) is 25.2 Å². The van der Waals surface area contributed by atoms with Crippen molar-refractivity contribution in [1.82, 2.24) is 24.6 Å². The molecule has 2 aliphatic rings. The normalized spacial score (nSPS) is 18.2. The van der Waals surface area contributed by atoms with Gasteiger partial charge in [0.1, 0.15) is 11.6 Å². The minimum Gasteiger partial charge on any atom is -0.342 e. The van der Waals surface area contributed by atoms with Crippen LogP contribution in [0.15, 0.2) is 59.5 Å². The Morgan fingerprint density at radius 1 is 1.06 bits per heavy atom. The maximum absolute atomic E-state index is 15.3. The van der Waals surface area contributed by atoms with E-state index in [0.717, 1.165) is 29.3 Å². The molecule has 1 saturated carbocycles. The first-order valence-electron chi connectivity index (χ1n) is 11.2. The zero-order valence-corrected chi connectivity index (χ0v) is 17.9. The lowest BCUT2D eigenvalue weighted by Gasteiger charge is -2.16. The summed E-state index contributed by atoms with van der Waals surface area (Å²) in [7, 11) is 0. The number of likely N-dealkylation sites (tertiary alicyclic amines) is 1. The van der Waals surface area contributed by atoms with Crippen molar-refractivity contribution in [2.24, 2.45) is 5.92 Å². The van der Waals surface area contributed by atoms with Crippen molar-refractivity contribution in [3.63, 3.8) is 0 Å². The molecule has 2 aromatic carbocycles. The molecule has 166 valence electrons. The first kappa shape index (κ1) is 19.8. The molecule has 7 nitrogen and oxygen atoms in total. The van der Waals surface area contributed by atoms with Crippen LogP contribution in [0.2, 0.25) is 0 Å². The first-order valence-corrected chi connectivity index (χ1v) is 11.2. The molecule has 1 N–H and O–H groups in total. The largest absolute Gasteiger partial charge is 0.348 e. The molecule has 1 aliphatic heterocycles. The van der Waals surface area contributed by atoms with E-state index in [4.69, 9.17) is 0 Å². The average Bonchev–Trinajstić information content (AvgIpc) is 3.45. The Hall–Kier alpha value is -3.81. The van der Waals surface area contributed by atoms with Gasteiger partial charge in [-0.05, 0) is 49.1 Å². The number of carbonyl (C=O) groups excluding carboxylic acids is 1. The van der Waals surface area contributed by atoms with Gasteiger partial charge in [-0.1, -0.05) is 24.3 Å². The number of benzene rings is 2. The van der Waals surface area contributed by atoms with E-state index in [1.165, 1.54) is 10.6 Å². The third-order valence-electron chi connectivity index (χ3n) is 6.60. The Labute approximate surface area is 188 Å². The van der Waals surface area contributed by atoms with Gasteiger partial charge < -0.3 is 4.90 Å². The fourth-order valence-corrected chi connectivity index (χ4v) is 4.67. The number of amides is 1. The molecule has 1 amide bonds. The molecular weight excluding hydrogens is 421 g/mol.